The molecule has 0 unspecified atom stereocenters. The monoisotopic (exact) mass is 342 g/mol. The van der Waals surface area contributed by atoms with Crippen LogP contribution in [0.1, 0.15) is 16.9 Å². The van der Waals surface area contributed by atoms with Crippen molar-refractivity contribution in [3.8, 4) is 0 Å². The number of fused-ring (bicyclic) bond motifs is 1. The number of pyridine rings is 1. The summed E-state index contributed by atoms with van der Waals surface area (Å²) in [4.78, 5) is 17.5. The van der Waals surface area contributed by atoms with Crippen LogP contribution in [0.15, 0.2) is 36.5 Å². The van der Waals surface area contributed by atoms with Crippen molar-refractivity contribution in [2.24, 2.45) is 0 Å². The van der Waals surface area contributed by atoms with Crippen molar-refractivity contribution in [3.05, 3.63) is 42.2 Å². The molecule has 0 fully saturated rings. The third kappa shape index (κ3) is 4.65. The molecule has 2 aromatic rings. The highest BCUT2D eigenvalue weighted by atomic mass is 19.4. The number of aliphatic hydroxyl groups is 2. The van der Waals surface area contributed by atoms with Crippen LogP contribution in [0.3, 0.4) is 0 Å². The summed E-state index contributed by atoms with van der Waals surface area (Å²) in [5, 5.41) is 19.7. The van der Waals surface area contributed by atoms with E-state index in [0.717, 1.165) is 10.3 Å². The van der Waals surface area contributed by atoms with E-state index in [1.807, 2.05) is 0 Å². The van der Waals surface area contributed by atoms with Gasteiger partial charge in [0.15, 0.2) is 0 Å². The van der Waals surface area contributed by atoms with Crippen LogP contribution in [0.4, 0.5) is 13.2 Å². The van der Waals surface area contributed by atoms with E-state index >= 15 is 0 Å². The van der Waals surface area contributed by atoms with Gasteiger partial charge in [-0.1, -0.05) is 24.3 Å². The van der Waals surface area contributed by atoms with Crippen molar-refractivity contribution in [2.75, 3.05) is 19.7 Å². The van der Waals surface area contributed by atoms with E-state index in [0.29, 0.717) is 5.39 Å². The Kier molecular flexibility index (Phi) is 5.74. The van der Waals surface area contributed by atoms with Crippen LogP contribution in [0.5, 0.6) is 0 Å². The van der Waals surface area contributed by atoms with Gasteiger partial charge in [0.05, 0.1) is 19.1 Å². The average Bonchev–Trinajstić information content (AvgIpc) is 2.56. The Labute approximate surface area is 136 Å². The minimum absolute atomic E-state index is 0.0143. The number of rotatable bonds is 6. The van der Waals surface area contributed by atoms with Crippen molar-refractivity contribution in [1.29, 1.82) is 0 Å². The predicted molar refractivity (Wildman–Crippen MR) is 81.4 cm³/mol. The number of carbonyl (C=O) groups is 1. The molecule has 0 spiro atoms. The van der Waals surface area contributed by atoms with E-state index in [4.69, 9.17) is 5.11 Å². The quantitative estimate of drug-likeness (QED) is 0.842. The Hall–Kier alpha value is -2.19. The number of aliphatic hydroxyl groups excluding tert-OH is 2. The number of hydrogen-bond donors (Lipinski definition) is 2. The summed E-state index contributed by atoms with van der Waals surface area (Å²) in [6.45, 7) is -1.68. The van der Waals surface area contributed by atoms with Gasteiger partial charge in [-0.2, -0.15) is 13.2 Å². The molecule has 1 aromatic heterocycles. The highest BCUT2D eigenvalue weighted by Crippen LogP contribution is 2.22. The molecule has 8 heteroatoms. The van der Waals surface area contributed by atoms with Crippen molar-refractivity contribution < 1.29 is 28.2 Å². The topological polar surface area (TPSA) is 73.7 Å². The molecule has 1 heterocycles. The molecular formula is C16H17F3N2O3. The summed E-state index contributed by atoms with van der Waals surface area (Å²) in [5.41, 5.74) is 0.0143. The van der Waals surface area contributed by atoms with Crippen LogP contribution in [-0.2, 0) is 0 Å². The molecular weight excluding hydrogens is 325 g/mol. The van der Waals surface area contributed by atoms with E-state index < -0.39 is 44.3 Å². The molecule has 1 atom stereocenters. The minimum atomic E-state index is -4.44. The standard InChI is InChI=1S/C16H17F3N2O3/c17-16(18,19)6-8-21(9-12(23)10-22)15(24)14-13-4-2-1-3-11(13)5-7-20-14/h1-5,7,12,22-23H,6,8-10H2/t12-/m0/s1. The first-order valence-corrected chi connectivity index (χ1v) is 7.30. The summed E-state index contributed by atoms with van der Waals surface area (Å²) in [6.07, 6.45) is -5.56. The molecule has 0 bridgehead atoms. The highest BCUT2D eigenvalue weighted by Gasteiger charge is 2.30. The first-order chi connectivity index (χ1) is 11.3. The van der Waals surface area contributed by atoms with Crippen molar-refractivity contribution in [2.45, 2.75) is 18.7 Å². The van der Waals surface area contributed by atoms with Gasteiger partial charge in [-0.15, -0.1) is 0 Å². The van der Waals surface area contributed by atoms with Crippen LogP contribution < -0.4 is 0 Å². The van der Waals surface area contributed by atoms with Crippen LogP contribution in [-0.4, -0.2) is 58.0 Å². The summed E-state index contributed by atoms with van der Waals surface area (Å²) >= 11 is 0. The first-order valence-electron chi connectivity index (χ1n) is 7.30. The molecule has 0 aliphatic rings. The zero-order chi connectivity index (χ0) is 17.7. The molecule has 1 amide bonds. The molecule has 0 aliphatic carbocycles. The van der Waals surface area contributed by atoms with Gasteiger partial charge in [0.1, 0.15) is 5.69 Å². The molecule has 24 heavy (non-hydrogen) atoms. The average molecular weight is 342 g/mol. The zero-order valence-electron chi connectivity index (χ0n) is 12.7. The Bertz CT molecular complexity index is 701. The highest BCUT2D eigenvalue weighted by molar-refractivity contribution is 6.05. The Morgan fingerprint density at radius 3 is 2.62 bits per heavy atom. The van der Waals surface area contributed by atoms with Gasteiger partial charge in [-0.05, 0) is 11.5 Å². The lowest BCUT2D eigenvalue weighted by atomic mass is 10.1. The van der Waals surface area contributed by atoms with Crippen LogP contribution >= 0.6 is 0 Å². The smallest absolute Gasteiger partial charge is 0.390 e. The number of alkyl halides is 3. The second kappa shape index (κ2) is 7.59. The lowest BCUT2D eigenvalue weighted by molar-refractivity contribution is -0.137. The molecule has 0 aliphatic heterocycles. The summed E-state index contributed by atoms with van der Waals surface area (Å²) in [5.74, 6) is -0.719. The Morgan fingerprint density at radius 1 is 1.25 bits per heavy atom. The normalized spacial score (nSPS) is 13.0. The van der Waals surface area contributed by atoms with Gasteiger partial charge in [-0.3, -0.25) is 9.78 Å². The Balaban J connectivity index is 2.31. The fourth-order valence-electron chi connectivity index (χ4n) is 2.29. The third-order valence-electron chi connectivity index (χ3n) is 3.47. The maximum absolute atomic E-state index is 12.6. The predicted octanol–water partition coefficient (Wildman–Crippen LogP) is 1.98. The minimum Gasteiger partial charge on any atom is -0.394 e. The fraction of sp³-hybridized carbons (Fsp3) is 0.375. The summed E-state index contributed by atoms with van der Waals surface area (Å²) in [6, 6.07) is 8.57. The number of benzene rings is 1. The van der Waals surface area contributed by atoms with E-state index in [-0.39, 0.29) is 5.69 Å². The molecule has 1 aromatic carbocycles. The molecule has 2 rings (SSSR count). The molecule has 0 saturated carbocycles. The van der Waals surface area contributed by atoms with Gasteiger partial charge in [0.25, 0.3) is 5.91 Å². The number of hydrogen-bond acceptors (Lipinski definition) is 4. The summed E-state index contributed by atoms with van der Waals surface area (Å²) in [7, 11) is 0. The van der Waals surface area contributed by atoms with E-state index in [2.05, 4.69) is 4.98 Å². The van der Waals surface area contributed by atoms with Crippen molar-refractivity contribution >= 4 is 16.7 Å². The molecule has 2 N–H and O–H groups in total. The molecule has 130 valence electrons. The van der Waals surface area contributed by atoms with Gasteiger partial charge in [-0.25, -0.2) is 0 Å². The SMILES string of the molecule is O=C(c1nccc2ccccc12)N(CCC(F)(F)F)C[C@H](O)CO. The van der Waals surface area contributed by atoms with E-state index in [9.17, 15) is 23.1 Å². The summed E-state index contributed by atoms with van der Waals surface area (Å²) < 4.78 is 37.5. The van der Waals surface area contributed by atoms with Gasteiger partial charge in [0.2, 0.25) is 0 Å². The number of nitrogens with zero attached hydrogens (tertiary/aromatic N) is 2. The number of aromatic nitrogens is 1. The number of halogens is 3. The maximum atomic E-state index is 12.6. The second-order valence-electron chi connectivity index (χ2n) is 5.33. The van der Waals surface area contributed by atoms with Crippen LogP contribution in [0.25, 0.3) is 10.8 Å². The molecule has 5 nitrogen and oxygen atoms in total. The molecule has 0 radical (unpaired) electrons. The third-order valence-corrected chi connectivity index (χ3v) is 3.47. The second-order valence-corrected chi connectivity index (χ2v) is 5.33. The van der Waals surface area contributed by atoms with Gasteiger partial charge in [0, 0.05) is 24.7 Å². The van der Waals surface area contributed by atoms with Gasteiger partial charge < -0.3 is 15.1 Å². The molecule has 0 saturated heterocycles. The number of amides is 1. The van der Waals surface area contributed by atoms with E-state index in [1.54, 1.807) is 30.3 Å². The number of carbonyl (C=O) groups excluding carboxylic acids is 1. The maximum Gasteiger partial charge on any atom is 0.390 e. The largest absolute Gasteiger partial charge is 0.394 e. The Morgan fingerprint density at radius 2 is 1.96 bits per heavy atom. The first kappa shape index (κ1) is 18.2. The zero-order valence-corrected chi connectivity index (χ0v) is 12.7. The lowest BCUT2D eigenvalue weighted by Crippen LogP contribution is -2.41. The van der Waals surface area contributed by atoms with Crippen molar-refractivity contribution in [3.63, 3.8) is 0 Å². The van der Waals surface area contributed by atoms with E-state index in [1.165, 1.54) is 6.20 Å². The van der Waals surface area contributed by atoms with Crippen LogP contribution in [0, 0.1) is 0 Å². The van der Waals surface area contributed by atoms with Crippen molar-refractivity contribution in [1.82, 2.24) is 9.88 Å². The lowest BCUT2D eigenvalue weighted by Gasteiger charge is -2.25. The van der Waals surface area contributed by atoms with Gasteiger partial charge >= 0.3 is 6.18 Å². The fourth-order valence-corrected chi connectivity index (χ4v) is 2.29. The van der Waals surface area contributed by atoms with Crippen LogP contribution in [0.2, 0.25) is 0 Å².